The first-order chi connectivity index (χ1) is 15.3. The van der Waals surface area contributed by atoms with E-state index in [0.717, 1.165) is 5.56 Å². The van der Waals surface area contributed by atoms with E-state index in [2.05, 4.69) is 4.99 Å². The molecule has 0 amide bonds. The minimum atomic E-state index is -0.755. The Morgan fingerprint density at radius 3 is 2.59 bits per heavy atom. The number of aromatic nitrogens is 1. The Bertz CT molecular complexity index is 1440. The molecular weight excluding hydrogens is 491 g/mol. The van der Waals surface area contributed by atoms with Gasteiger partial charge in [0.25, 0.3) is 5.56 Å². The van der Waals surface area contributed by atoms with Gasteiger partial charge in [0.15, 0.2) is 4.80 Å². The molecule has 2 heterocycles. The summed E-state index contributed by atoms with van der Waals surface area (Å²) in [5.41, 5.74) is 1.82. The summed E-state index contributed by atoms with van der Waals surface area (Å²) in [5, 5.41) is 1.26. The first-order valence-electron chi connectivity index (χ1n) is 9.71. The number of allylic oxidation sites excluding steroid dienone is 1. The fraction of sp³-hybridized carbons (Fsp3) is 0.174. The highest BCUT2D eigenvalue weighted by atomic mass is 35.5. The predicted octanol–water partition coefficient (Wildman–Crippen LogP) is 4.76. The SMILES string of the molecule is CCOC(=O)C1=C(C)N=c2s/c(=C/c3ccc(Cl)c(Cl)c3)c(=O)n2[C@@H]1c1ccccc1Cl. The average molecular weight is 508 g/mol. The fourth-order valence-corrected chi connectivity index (χ4v) is 5.13. The number of ether oxygens (including phenoxy) is 1. The van der Waals surface area contributed by atoms with Gasteiger partial charge in [0.1, 0.15) is 6.04 Å². The van der Waals surface area contributed by atoms with Crippen molar-refractivity contribution in [3.63, 3.8) is 0 Å². The molecule has 32 heavy (non-hydrogen) atoms. The number of rotatable bonds is 4. The van der Waals surface area contributed by atoms with Gasteiger partial charge in [-0.15, -0.1) is 0 Å². The largest absolute Gasteiger partial charge is 0.463 e. The molecule has 4 rings (SSSR count). The summed E-state index contributed by atoms with van der Waals surface area (Å²) in [6, 6.07) is 11.5. The summed E-state index contributed by atoms with van der Waals surface area (Å²) >= 11 is 19.8. The van der Waals surface area contributed by atoms with Crippen molar-refractivity contribution in [1.82, 2.24) is 4.57 Å². The van der Waals surface area contributed by atoms with Crippen molar-refractivity contribution in [1.29, 1.82) is 0 Å². The normalized spacial score (nSPS) is 16.0. The summed E-state index contributed by atoms with van der Waals surface area (Å²) < 4.78 is 7.21. The van der Waals surface area contributed by atoms with E-state index in [1.807, 2.05) is 6.07 Å². The monoisotopic (exact) mass is 506 g/mol. The summed E-state index contributed by atoms with van der Waals surface area (Å²) in [4.78, 5) is 31.4. The quantitative estimate of drug-likeness (QED) is 0.479. The van der Waals surface area contributed by atoms with E-state index in [0.29, 0.717) is 35.7 Å². The van der Waals surface area contributed by atoms with Gasteiger partial charge < -0.3 is 4.74 Å². The minimum Gasteiger partial charge on any atom is -0.463 e. The fourth-order valence-electron chi connectivity index (χ4n) is 3.54. The minimum absolute atomic E-state index is 0.201. The summed E-state index contributed by atoms with van der Waals surface area (Å²) in [6.45, 7) is 3.66. The molecular formula is C23H17Cl3N2O3S. The molecule has 164 valence electrons. The predicted molar refractivity (Wildman–Crippen MR) is 128 cm³/mol. The molecule has 5 nitrogen and oxygen atoms in total. The second-order valence-corrected chi connectivity index (χ2v) is 9.23. The summed E-state index contributed by atoms with van der Waals surface area (Å²) in [6.07, 6.45) is 1.72. The maximum Gasteiger partial charge on any atom is 0.338 e. The number of carbonyl (C=O) groups excluding carboxylic acids is 1. The van der Waals surface area contributed by atoms with Crippen LogP contribution in [0.25, 0.3) is 6.08 Å². The van der Waals surface area contributed by atoms with Crippen molar-refractivity contribution in [3.05, 3.63) is 99.6 Å². The molecule has 2 aromatic carbocycles. The van der Waals surface area contributed by atoms with Crippen LogP contribution in [0.2, 0.25) is 15.1 Å². The summed E-state index contributed by atoms with van der Waals surface area (Å²) in [5.74, 6) is -0.530. The van der Waals surface area contributed by atoms with Gasteiger partial charge in [-0.25, -0.2) is 9.79 Å². The molecule has 0 radical (unpaired) electrons. The highest BCUT2D eigenvalue weighted by Gasteiger charge is 2.34. The van der Waals surface area contributed by atoms with Crippen LogP contribution in [-0.2, 0) is 9.53 Å². The third-order valence-corrected chi connectivity index (χ3v) is 7.02. The lowest BCUT2D eigenvalue weighted by atomic mass is 9.96. The number of nitrogens with zero attached hydrogens (tertiary/aromatic N) is 2. The van der Waals surface area contributed by atoms with Crippen molar-refractivity contribution < 1.29 is 9.53 Å². The number of benzene rings is 2. The molecule has 1 aliphatic heterocycles. The first-order valence-corrected chi connectivity index (χ1v) is 11.7. The van der Waals surface area contributed by atoms with Crippen LogP contribution in [0.1, 0.15) is 31.0 Å². The molecule has 0 bridgehead atoms. The van der Waals surface area contributed by atoms with Gasteiger partial charge >= 0.3 is 5.97 Å². The van der Waals surface area contributed by atoms with Crippen LogP contribution >= 0.6 is 46.1 Å². The van der Waals surface area contributed by atoms with Crippen molar-refractivity contribution in [2.24, 2.45) is 4.99 Å². The lowest BCUT2D eigenvalue weighted by Crippen LogP contribution is -2.40. The van der Waals surface area contributed by atoms with Gasteiger partial charge in [-0.1, -0.05) is 70.4 Å². The van der Waals surface area contributed by atoms with E-state index in [-0.39, 0.29) is 17.7 Å². The third kappa shape index (κ3) is 4.16. The van der Waals surface area contributed by atoms with Crippen molar-refractivity contribution >= 4 is 58.2 Å². The number of esters is 1. The Kier molecular flexibility index (Phi) is 6.58. The second-order valence-electron chi connectivity index (χ2n) is 7.00. The van der Waals surface area contributed by atoms with Crippen molar-refractivity contribution in [3.8, 4) is 0 Å². The van der Waals surface area contributed by atoms with E-state index in [1.54, 1.807) is 56.3 Å². The van der Waals surface area contributed by atoms with Crippen LogP contribution < -0.4 is 14.9 Å². The lowest BCUT2D eigenvalue weighted by molar-refractivity contribution is -0.139. The Morgan fingerprint density at radius 2 is 1.91 bits per heavy atom. The zero-order valence-electron chi connectivity index (χ0n) is 17.1. The van der Waals surface area contributed by atoms with Crippen LogP contribution in [0.4, 0.5) is 0 Å². The number of thiazole rings is 1. The Balaban J connectivity index is 1.98. The first kappa shape index (κ1) is 22.8. The van der Waals surface area contributed by atoms with Crippen LogP contribution in [0.5, 0.6) is 0 Å². The van der Waals surface area contributed by atoms with E-state index >= 15 is 0 Å². The van der Waals surface area contributed by atoms with Gasteiger partial charge in [0.05, 0.1) is 32.5 Å². The zero-order valence-corrected chi connectivity index (χ0v) is 20.1. The standard InChI is InChI=1S/C23H17Cl3N2O3S/c1-3-31-22(30)19-12(2)27-23-28(20(19)14-6-4-5-7-15(14)24)21(29)18(32-23)11-13-8-9-16(25)17(26)10-13/h4-11,20H,3H2,1-2H3/b18-11+/t20-/m1/s1. The van der Waals surface area contributed by atoms with Crippen LogP contribution in [0, 0.1) is 0 Å². The van der Waals surface area contributed by atoms with Crippen molar-refractivity contribution in [2.75, 3.05) is 6.61 Å². The Labute approximate surface area is 202 Å². The number of hydrogen-bond donors (Lipinski definition) is 0. The second kappa shape index (κ2) is 9.24. The molecule has 0 saturated carbocycles. The van der Waals surface area contributed by atoms with E-state index in [4.69, 9.17) is 39.5 Å². The molecule has 0 fully saturated rings. The van der Waals surface area contributed by atoms with Crippen molar-refractivity contribution in [2.45, 2.75) is 19.9 Å². The molecule has 1 aromatic heterocycles. The number of hydrogen-bond acceptors (Lipinski definition) is 5. The molecule has 9 heteroatoms. The van der Waals surface area contributed by atoms with E-state index in [1.165, 1.54) is 15.9 Å². The Hall–Kier alpha value is -2.38. The maximum atomic E-state index is 13.5. The molecule has 1 aliphatic rings. The van der Waals surface area contributed by atoms with E-state index < -0.39 is 12.0 Å². The third-order valence-electron chi connectivity index (χ3n) is 4.96. The van der Waals surface area contributed by atoms with Crippen LogP contribution in [0.3, 0.4) is 0 Å². The smallest absolute Gasteiger partial charge is 0.338 e. The van der Waals surface area contributed by atoms with Gasteiger partial charge in [-0.05, 0) is 49.2 Å². The molecule has 3 aromatic rings. The van der Waals surface area contributed by atoms with Gasteiger partial charge in [0, 0.05) is 5.02 Å². The lowest BCUT2D eigenvalue weighted by Gasteiger charge is -2.25. The number of fused-ring (bicyclic) bond motifs is 1. The molecule has 0 N–H and O–H groups in total. The molecule has 0 spiro atoms. The van der Waals surface area contributed by atoms with Gasteiger partial charge in [-0.2, -0.15) is 0 Å². The highest BCUT2D eigenvalue weighted by molar-refractivity contribution is 7.07. The maximum absolute atomic E-state index is 13.5. The number of halogens is 3. The summed E-state index contributed by atoms with van der Waals surface area (Å²) in [7, 11) is 0. The highest BCUT2D eigenvalue weighted by Crippen LogP contribution is 2.34. The number of carbonyl (C=O) groups is 1. The van der Waals surface area contributed by atoms with Crippen LogP contribution in [-0.4, -0.2) is 17.1 Å². The molecule has 1 atom stereocenters. The molecule has 0 aliphatic carbocycles. The van der Waals surface area contributed by atoms with Crippen LogP contribution in [0.15, 0.2) is 63.5 Å². The van der Waals surface area contributed by atoms with E-state index in [9.17, 15) is 9.59 Å². The zero-order chi connectivity index (χ0) is 23.0. The topological polar surface area (TPSA) is 60.7 Å². The van der Waals surface area contributed by atoms with Gasteiger partial charge in [-0.3, -0.25) is 9.36 Å². The molecule has 0 saturated heterocycles. The Morgan fingerprint density at radius 1 is 1.16 bits per heavy atom. The molecule has 0 unspecified atom stereocenters. The van der Waals surface area contributed by atoms with Gasteiger partial charge in [0.2, 0.25) is 0 Å². The average Bonchev–Trinajstić information content (AvgIpc) is 3.05.